The molecule has 0 saturated carbocycles. The minimum absolute atomic E-state index is 0.105. The summed E-state index contributed by atoms with van der Waals surface area (Å²) in [6.45, 7) is 1.08. The summed E-state index contributed by atoms with van der Waals surface area (Å²) < 4.78 is 10.1. The molecule has 0 aliphatic carbocycles. The molecular formula is C6H17NO2Si. The first-order valence-electron chi connectivity index (χ1n) is 3.55. The van der Waals surface area contributed by atoms with Gasteiger partial charge in [0, 0.05) is 14.2 Å². The Labute approximate surface area is 64.9 Å². The number of ether oxygens (including phenoxy) is 2. The van der Waals surface area contributed by atoms with Crippen molar-refractivity contribution in [2.45, 2.75) is 12.0 Å². The molecule has 0 aromatic rings. The highest BCUT2D eigenvalue weighted by Gasteiger charge is 2.03. The van der Waals surface area contributed by atoms with E-state index in [4.69, 9.17) is 9.47 Å². The second-order valence-electron chi connectivity index (χ2n) is 2.15. The van der Waals surface area contributed by atoms with Gasteiger partial charge < -0.3 is 14.8 Å². The third-order valence-electron chi connectivity index (χ3n) is 1.39. The Morgan fingerprint density at radius 3 is 2.40 bits per heavy atom. The zero-order chi connectivity index (χ0) is 7.82. The number of methoxy groups -OCH3 is 2. The second kappa shape index (κ2) is 7.21. The van der Waals surface area contributed by atoms with E-state index in [9.17, 15) is 0 Å². The van der Waals surface area contributed by atoms with E-state index in [2.05, 4.69) is 5.32 Å². The lowest BCUT2D eigenvalue weighted by molar-refractivity contribution is -0.0440. The predicted octanol–water partition coefficient (Wildman–Crippen LogP) is -0.631. The van der Waals surface area contributed by atoms with E-state index < -0.39 is 0 Å². The summed E-state index contributed by atoms with van der Waals surface area (Å²) in [5.41, 5.74) is 0. The summed E-state index contributed by atoms with van der Waals surface area (Å²) >= 11 is 0. The van der Waals surface area contributed by atoms with Crippen molar-refractivity contribution in [3.8, 4) is 0 Å². The molecule has 0 aliphatic rings. The van der Waals surface area contributed by atoms with E-state index in [0.29, 0.717) is 0 Å². The van der Waals surface area contributed by atoms with Gasteiger partial charge in [-0.25, -0.2) is 0 Å². The van der Waals surface area contributed by atoms with Gasteiger partial charge >= 0.3 is 0 Å². The quantitative estimate of drug-likeness (QED) is 0.321. The van der Waals surface area contributed by atoms with Crippen molar-refractivity contribution in [3.63, 3.8) is 0 Å². The Morgan fingerprint density at radius 2 is 2.00 bits per heavy atom. The topological polar surface area (TPSA) is 30.5 Å². The minimum Gasteiger partial charge on any atom is -0.360 e. The smallest absolute Gasteiger partial charge is 0.134 e. The Kier molecular flexibility index (Phi) is 7.28. The van der Waals surface area contributed by atoms with Crippen LogP contribution >= 0.6 is 0 Å². The molecule has 4 heteroatoms. The summed E-state index contributed by atoms with van der Waals surface area (Å²) in [6, 6.07) is 1.23. The molecule has 0 fully saturated rings. The Morgan fingerprint density at radius 1 is 1.40 bits per heavy atom. The van der Waals surface area contributed by atoms with Crippen molar-refractivity contribution >= 4 is 9.52 Å². The van der Waals surface area contributed by atoms with Gasteiger partial charge in [-0.05, 0) is 19.6 Å². The van der Waals surface area contributed by atoms with Crippen LogP contribution < -0.4 is 5.32 Å². The molecule has 0 radical (unpaired) electrons. The first-order chi connectivity index (χ1) is 4.85. The number of nitrogens with one attached hydrogen (secondary N) is 1. The zero-order valence-electron chi connectivity index (χ0n) is 7.02. The first kappa shape index (κ1) is 10.1. The van der Waals surface area contributed by atoms with Gasteiger partial charge in [0.2, 0.25) is 0 Å². The zero-order valence-corrected chi connectivity index (χ0v) is 8.43. The lowest BCUT2D eigenvalue weighted by Gasteiger charge is -2.11. The largest absolute Gasteiger partial charge is 0.360 e. The molecular weight excluding hydrogens is 146 g/mol. The molecule has 0 atom stereocenters. The van der Waals surface area contributed by atoms with Crippen molar-refractivity contribution in [2.24, 2.45) is 0 Å². The van der Waals surface area contributed by atoms with Crippen LogP contribution in [0, 0.1) is 0 Å². The SMILES string of the molecule is CNCC[SiH2]C(OC)OC. The molecule has 0 aromatic heterocycles. The highest BCUT2D eigenvalue weighted by molar-refractivity contribution is 6.36. The first-order valence-corrected chi connectivity index (χ1v) is 5.37. The van der Waals surface area contributed by atoms with Crippen molar-refractivity contribution in [1.82, 2.24) is 5.32 Å². The van der Waals surface area contributed by atoms with E-state index in [-0.39, 0.29) is 15.4 Å². The van der Waals surface area contributed by atoms with E-state index in [1.54, 1.807) is 14.2 Å². The molecule has 1 N–H and O–H groups in total. The van der Waals surface area contributed by atoms with Crippen LogP contribution in [-0.4, -0.2) is 43.2 Å². The Balaban J connectivity index is 3.09. The maximum Gasteiger partial charge on any atom is 0.134 e. The summed E-state index contributed by atoms with van der Waals surface area (Å²) in [4.78, 5) is 0. The van der Waals surface area contributed by atoms with E-state index in [0.717, 1.165) is 6.54 Å². The predicted molar refractivity (Wildman–Crippen MR) is 45.1 cm³/mol. The standard InChI is InChI=1S/C6H17NO2Si/c1-7-4-5-10-6(8-2)9-3/h6-7H,4-5,10H2,1-3H3. The average molecular weight is 163 g/mol. The minimum atomic E-state index is -0.193. The van der Waals surface area contributed by atoms with Gasteiger partial charge in [0.1, 0.15) is 5.91 Å². The highest BCUT2D eigenvalue weighted by atomic mass is 28.2. The van der Waals surface area contributed by atoms with Crippen LogP contribution in [0.3, 0.4) is 0 Å². The van der Waals surface area contributed by atoms with Gasteiger partial charge in [-0.3, -0.25) is 0 Å². The molecule has 62 valence electrons. The molecule has 0 heterocycles. The molecule has 0 rings (SSSR count). The molecule has 0 spiro atoms. The Bertz CT molecular complexity index is 68.8. The number of hydrogen-bond donors (Lipinski definition) is 1. The lowest BCUT2D eigenvalue weighted by Crippen LogP contribution is -2.24. The van der Waals surface area contributed by atoms with Gasteiger partial charge in [-0.15, -0.1) is 0 Å². The summed E-state index contributed by atoms with van der Waals surface area (Å²) in [7, 11) is 5.16. The normalized spacial score (nSPS) is 12.0. The maximum atomic E-state index is 5.06. The highest BCUT2D eigenvalue weighted by Crippen LogP contribution is 1.90. The summed E-state index contributed by atoms with van der Waals surface area (Å²) in [5.74, 6) is 0.105. The molecule has 0 aromatic carbocycles. The van der Waals surface area contributed by atoms with E-state index in [1.165, 1.54) is 6.04 Å². The van der Waals surface area contributed by atoms with Gasteiger partial charge in [0.25, 0.3) is 0 Å². The second-order valence-corrected chi connectivity index (χ2v) is 4.10. The molecule has 0 amide bonds. The fourth-order valence-corrected chi connectivity index (χ4v) is 2.14. The van der Waals surface area contributed by atoms with Gasteiger partial charge in [-0.1, -0.05) is 0 Å². The molecule has 3 nitrogen and oxygen atoms in total. The van der Waals surface area contributed by atoms with Crippen molar-refractivity contribution in [1.29, 1.82) is 0 Å². The maximum absolute atomic E-state index is 5.06. The third kappa shape index (κ3) is 4.93. The fraction of sp³-hybridized carbons (Fsp3) is 1.00. The molecule has 0 unspecified atom stereocenters. The number of rotatable bonds is 6. The van der Waals surface area contributed by atoms with E-state index >= 15 is 0 Å². The lowest BCUT2D eigenvalue weighted by atomic mass is 10.8. The van der Waals surface area contributed by atoms with Crippen LogP contribution in [0.2, 0.25) is 6.04 Å². The van der Waals surface area contributed by atoms with Crippen LogP contribution in [0.5, 0.6) is 0 Å². The van der Waals surface area contributed by atoms with Crippen LogP contribution in [0.1, 0.15) is 0 Å². The van der Waals surface area contributed by atoms with Crippen LogP contribution in [0.4, 0.5) is 0 Å². The van der Waals surface area contributed by atoms with Crippen LogP contribution in [-0.2, 0) is 9.47 Å². The molecule has 0 aliphatic heterocycles. The molecule has 0 bridgehead atoms. The third-order valence-corrected chi connectivity index (χ3v) is 3.29. The summed E-state index contributed by atoms with van der Waals surface area (Å²) in [5, 5.41) is 3.09. The van der Waals surface area contributed by atoms with Gasteiger partial charge in [0.05, 0.1) is 9.52 Å². The number of hydrogen-bond acceptors (Lipinski definition) is 3. The van der Waals surface area contributed by atoms with Gasteiger partial charge in [-0.2, -0.15) is 0 Å². The van der Waals surface area contributed by atoms with E-state index in [1.807, 2.05) is 7.05 Å². The average Bonchev–Trinajstić information content (AvgIpc) is 1.99. The molecule has 10 heavy (non-hydrogen) atoms. The van der Waals surface area contributed by atoms with Crippen molar-refractivity contribution in [3.05, 3.63) is 0 Å². The van der Waals surface area contributed by atoms with Crippen molar-refractivity contribution < 1.29 is 9.47 Å². The van der Waals surface area contributed by atoms with Gasteiger partial charge in [0.15, 0.2) is 0 Å². The van der Waals surface area contributed by atoms with Crippen molar-refractivity contribution in [2.75, 3.05) is 27.8 Å². The van der Waals surface area contributed by atoms with Crippen LogP contribution in [0.25, 0.3) is 0 Å². The summed E-state index contributed by atoms with van der Waals surface area (Å²) in [6.07, 6.45) is 0. The fourth-order valence-electron chi connectivity index (χ4n) is 0.777. The molecule has 0 saturated heterocycles. The Hall–Kier alpha value is 0.0969. The monoisotopic (exact) mass is 163 g/mol. The van der Waals surface area contributed by atoms with Crippen LogP contribution in [0.15, 0.2) is 0 Å².